The summed E-state index contributed by atoms with van der Waals surface area (Å²) in [4.78, 5) is 13.5. The van der Waals surface area contributed by atoms with E-state index in [0.717, 1.165) is 11.3 Å². The first kappa shape index (κ1) is 13.1. The summed E-state index contributed by atoms with van der Waals surface area (Å²) in [6.45, 7) is 2.85. The van der Waals surface area contributed by atoms with Crippen molar-refractivity contribution < 1.29 is 9.90 Å². The molecule has 0 bridgehead atoms. The van der Waals surface area contributed by atoms with Crippen molar-refractivity contribution in [3.05, 3.63) is 22.5 Å². The minimum absolute atomic E-state index is 0.106. The highest BCUT2D eigenvalue weighted by Crippen LogP contribution is 2.20. The second kappa shape index (κ2) is 5.12. The third-order valence-corrected chi connectivity index (χ3v) is 3.51. The molecule has 1 N–H and O–H groups in total. The van der Waals surface area contributed by atoms with E-state index in [0.29, 0.717) is 24.7 Å². The molecular formula is C12H16ClN3O2. The summed E-state index contributed by atoms with van der Waals surface area (Å²) in [5.41, 5.74) is 1.54. The summed E-state index contributed by atoms with van der Waals surface area (Å²) in [6.07, 6.45) is 3.41. The summed E-state index contributed by atoms with van der Waals surface area (Å²) in [6, 6.07) is 0. The molecule has 0 aliphatic carbocycles. The first-order valence-corrected chi connectivity index (χ1v) is 6.21. The number of aliphatic hydroxyl groups excluding tert-OH is 1. The van der Waals surface area contributed by atoms with Crippen LogP contribution in [-0.4, -0.2) is 44.9 Å². The molecule has 1 saturated heterocycles. The highest BCUT2D eigenvalue weighted by molar-refractivity contribution is 6.31. The van der Waals surface area contributed by atoms with E-state index in [1.165, 1.54) is 6.08 Å². The second-order valence-electron chi connectivity index (χ2n) is 4.47. The smallest absolute Gasteiger partial charge is 0.246 e. The van der Waals surface area contributed by atoms with Crippen LogP contribution in [0.3, 0.4) is 0 Å². The van der Waals surface area contributed by atoms with Crippen LogP contribution in [-0.2, 0) is 11.8 Å². The fourth-order valence-electron chi connectivity index (χ4n) is 2.04. The van der Waals surface area contributed by atoms with Gasteiger partial charge in [0.1, 0.15) is 5.15 Å². The molecule has 6 heteroatoms. The Morgan fingerprint density at radius 3 is 2.83 bits per heavy atom. The first-order chi connectivity index (χ1) is 8.49. The summed E-state index contributed by atoms with van der Waals surface area (Å²) < 4.78 is 1.57. The second-order valence-corrected chi connectivity index (χ2v) is 4.83. The first-order valence-electron chi connectivity index (χ1n) is 5.83. The lowest BCUT2D eigenvalue weighted by Crippen LogP contribution is -2.27. The van der Waals surface area contributed by atoms with Crippen molar-refractivity contribution in [1.29, 1.82) is 0 Å². The van der Waals surface area contributed by atoms with Crippen LogP contribution >= 0.6 is 11.6 Å². The molecule has 1 fully saturated rings. The van der Waals surface area contributed by atoms with Crippen LogP contribution in [0.2, 0.25) is 5.15 Å². The predicted molar refractivity (Wildman–Crippen MR) is 69.2 cm³/mol. The van der Waals surface area contributed by atoms with Crippen LogP contribution in [0, 0.1) is 6.92 Å². The molecule has 2 rings (SSSR count). The maximum absolute atomic E-state index is 11.9. The third-order valence-electron chi connectivity index (χ3n) is 3.06. The average molecular weight is 270 g/mol. The van der Waals surface area contributed by atoms with Gasteiger partial charge in [-0.1, -0.05) is 11.6 Å². The Hall–Kier alpha value is -1.33. The van der Waals surface area contributed by atoms with Crippen LogP contribution in [0.4, 0.5) is 0 Å². The summed E-state index contributed by atoms with van der Waals surface area (Å²) in [5.74, 6) is -0.106. The number of likely N-dealkylation sites (tertiary alicyclic amines) is 1. The molecule has 0 radical (unpaired) electrons. The van der Waals surface area contributed by atoms with E-state index in [2.05, 4.69) is 5.10 Å². The molecule has 1 atom stereocenters. The lowest BCUT2D eigenvalue weighted by Gasteiger charge is -2.12. The third kappa shape index (κ3) is 2.57. The molecule has 98 valence electrons. The zero-order valence-corrected chi connectivity index (χ0v) is 11.2. The van der Waals surface area contributed by atoms with Crippen molar-refractivity contribution >= 4 is 23.6 Å². The van der Waals surface area contributed by atoms with Crippen LogP contribution in [0.25, 0.3) is 6.08 Å². The molecule has 2 heterocycles. The number of halogens is 1. The van der Waals surface area contributed by atoms with E-state index < -0.39 is 6.10 Å². The lowest BCUT2D eigenvalue weighted by atomic mass is 10.2. The summed E-state index contributed by atoms with van der Waals surface area (Å²) in [5, 5.41) is 14.1. The number of amides is 1. The van der Waals surface area contributed by atoms with Crippen LogP contribution in [0.1, 0.15) is 17.7 Å². The average Bonchev–Trinajstić information content (AvgIpc) is 2.83. The Balaban J connectivity index is 2.09. The Morgan fingerprint density at radius 2 is 2.33 bits per heavy atom. The Bertz CT molecular complexity index is 496. The van der Waals surface area contributed by atoms with E-state index >= 15 is 0 Å². The number of aliphatic hydroxyl groups is 1. The topological polar surface area (TPSA) is 58.4 Å². The molecule has 1 aliphatic rings. The molecule has 18 heavy (non-hydrogen) atoms. The van der Waals surface area contributed by atoms with Gasteiger partial charge in [0.05, 0.1) is 11.8 Å². The highest BCUT2D eigenvalue weighted by atomic mass is 35.5. The van der Waals surface area contributed by atoms with Gasteiger partial charge in [-0.3, -0.25) is 9.48 Å². The minimum atomic E-state index is -0.397. The number of aromatic nitrogens is 2. The molecule has 0 saturated carbocycles. The molecule has 1 aliphatic heterocycles. The Labute approximate surface area is 111 Å². The van der Waals surface area contributed by atoms with Gasteiger partial charge in [-0.25, -0.2) is 0 Å². The molecule has 1 aromatic rings. The number of carbonyl (C=O) groups is 1. The summed E-state index contributed by atoms with van der Waals surface area (Å²) >= 11 is 6.06. The molecule has 0 spiro atoms. The van der Waals surface area contributed by atoms with Crippen LogP contribution < -0.4 is 0 Å². The predicted octanol–water partition coefficient (Wildman–Crippen LogP) is 0.988. The number of β-amino-alcohol motifs (C(OH)–C–C–N with tert-alkyl or cyclic N) is 1. The Kier molecular flexibility index (Phi) is 3.73. The van der Waals surface area contributed by atoms with E-state index in [9.17, 15) is 9.90 Å². The molecule has 1 aromatic heterocycles. The lowest BCUT2D eigenvalue weighted by molar-refractivity contribution is -0.125. The number of aryl methyl sites for hydroxylation is 2. The molecule has 1 amide bonds. The number of nitrogens with zero attached hydrogens (tertiary/aromatic N) is 3. The highest BCUT2D eigenvalue weighted by Gasteiger charge is 2.22. The zero-order chi connectivity index (χ0) is 13.3. The maximum Gasteiger partial charge on any atom is 0.246 e. The normalized spacial score (nSPS) is 20.0. The minimum Gasteiger partial charge on any atom is -0.391 e. The fourth-order valence-corrected chi connectivity index (χ4v) is 2.28. The van der Waals surface area contributed by atoms with Gasteiger partial charge in [0.25, 0.3) is 0 Å². The monoisotopic (exact) mass is 269 g/mol. The van der Waals surface area contributed by atoms with Gasteiger partial charge in [-0.15, -0.1) is 0 Å². The standard InChI is InChI=1S/C12H16ClN3O2/c1-8-10(12(13)15(2)14-8)3-4-11(18)16-6-5-9(17)7-16/h3-4,9,17H,5-7H2,1-2H3/b4-3+. The number of carbonyl (C=O) groups excluding carboxylic acids is 1. The molecular weight excluding hydrogens is 254 g/mol. The maximum atomic E-state index is 11.9. The van der Waals surface area contributed by atoms with Crippen molar-refractivity contribution in [2.24, 2.45) is 7.05 Å². The largest absolute Gasteiger partial charge is 0.391 e. The van der Waals surface area contributed by atoms with Gasteiger partial charge in [0.2, 0.25) is 5.91 Å². The van der Waals surface area contributed by atoms with Crippen molar-refractivity contribution in [1.82, 2.24) is 14.7 Å². The zero-order valence-electron chi connectivity index (χ0n) is 10.4. The fraction of sp³-hybridized carbons (Fsp3) is 0.500. The Morgan fingerprint density at radius 1 is 1.61 bits per heavy atom. The van der Waals surface area contributed by atoms with Gasteiger partial charge in [-0.05, 0) is 19.4 Å². The van der Waals surface area contributed by atoms with Gasteiger partial charge in [-0.2, -0.15) is 5.10 Å². The number of rotatable bonds is 2. The van der Waals surface area contributed by atoms with E-state index in [1.807, 2.05) is 6.92 Å². The van der Waals surface area contributed by atoms with E-state index in [4.69, 9.17) is 11.6 Å². The molecule has 1 unspecified atom stereocenters. The van der Waals surface area contributed by atoms with Gasteiger partial charge in [0, 0.05) is 31.8 Å². The van der Waals surface area contributed by atoms with Crippen molar-refractivity contribution in [3.63, 3.8) is 0 Å². The van der Waals surface area contributed by atoms with Crippen molar-refractivity contribution in [3.8, 4) is 0 Å². The summed E-state index contributed by atoms with van der Waals surface area (Å²) in [7, 11) is 1.76. The quantitative estimate of drug-likeness (QED) is 0.815. The number of hydrogen-bond donors (Lipinski definition) is 1. The van der Waals surface area contributed by atoms with Gasteiger partial charge < -0.3 is 10.0 Å². The van der Waals surface area contributed by atoms with E-state index in [1.54, 1.807) is 22.7 Å². The van der Waals surface area contributed by atoms with Crippen molar-refractivity contribution in [2.45, 2.75) is 19.4 Å². The molecule has 5 nitrogen and oxygen atoms in total. The molecule has 0 aromatic carbocycles. The van der Waals surface area contributed by atoms with Gasteiger partial charge in [0.15, 0.2) is 0 Å². The van der Waals surface area contributed by atoms with E-state index in [-0.39, 0.29) is 5.91 Å². The van der Waals surface area contributed by atoms with Crippen molar-refractivity contribution in [2.75, 3.05) is 13.1 Å². The van der Waals surface area contributed by atoms with Gasteiger partial charge >= 0.3 is 0 Å². The van der Waals surface area contributed by atoms with Crippen LogP contribution in [0.5, 0.6) is 0 Å². The number of hydrogen-bond acceptors (Lipinski definition) is 3. The van der Waals surface area contributed by atoms with Crippen LogP contribution in [0.15, 0.2) is 6.08 Å². The SMILES string of the molecule is Cc1nn(C)c(Cl)c1/C=C/C(=O)N1CCC(O)C1.